The Morgan fingerprint density at radius 2 is 1.85 bits per heavy atom. The third-order valence-corrected chi connectivity index (χ3v) is 4.85. The van der Waals surface area contributed by atoms with E-state index < -0.39 is 5.54 Å². The van der Waals surface area contributed by atoms with Gasteiger partial charge >= 0.3 is 0 Å². The van der Waals surface area contributed by atoms with Crippen LogP contribution in [0, 0.1) is 29.1 Å². The molecule has 0 heterocycles. The van der Waals surface area contributed by atoms with Crippen LogP contribution >= 0.6 is 0 Å². The molecule has 3 heteroatoms. The highest BCUT2D eigenvalue weighted by atomic mass is 16.5. The number of hydrogen-bond acceptors (Lipinski definition) is 3. The van der Waals surface area contributed by atoms with E-state index in [0.29, 0.717) is 18.6 Å². The Labute approximate surface area is 124 Å². The van der Waals surface area contributed by atoms with Crippen LogP contribution in [0.5, 0.6) is 0 Å². The van der Waals surface area contributed by atoms with Crippen LogP contribution in [-0.2, 0) is 4.74 Å². The van der Waals surface area contributed by atoms with Gasteiger partial charge in [0.15, 0.2) is 0 Å². The van der Waals surface area contributed by atoms with Crippen molar-refractivity contribution in [1.29, 1.82) is 5.26 Å². The van der Waals surface area contributed by atoms with E-state index in [9.17, 15) is 5.26 Å². The second kappa shape index (κ2) is 6.91. The number of nitriles is 1. The highest BCUT2D eigenvalue weighted by molar-refractivity contribution is 5.15. The first-order chi connectivity index (χ1) is 9.59. The summed E-state index contributed by atoms with van der Waals surface area (Å²) in [5.41, 5.74) is -0.431. The molecule has 0 amide bonds. The third-order valence-electron chi connectivity index (χ3n) is 4.85. The van der Waals surface area contributed by atoms with Crippen molar-refractivity contribution in [1.82, 2.24) is 5.32 Å². The number of nitrogens with zero attached hydrogens (tertiary/aromatic N) is 1. The zero-order valence-corrected chi connectivity index (χ0v) is 13.3. The van der Waals surface area contributed by atoms with Gasteiger partial charge in [-0.2, -0.15) is 5.26 Å². The van der Waals surface area contributed by atoms with Crippen LogP contribution in [0.25, 0.3) is 0 Å². The first kappa shape index (κ1) is 15.8. The van der Waals surface area contributed by atoms with Crippen molar-refractivity contribution >= 4 is 0 Å². The summed E-state index contributed by atoms with van der Waals surface area (Å²) >= 11 is 0. The van der Waals surface area contributed by atoms with E-state index in [2.05, 4.69) is 32.2 Å². The van der Waals surface area contributed by atoms with Gasteiger partial charge in [-0.1, -0.05) is 20.8 Å². The molecule has 2 aliphatic carbocycles. The topological polar surface area (TPSA) is 45.0 Å². The van der Waals surface area contributed by atoms with Crippen molar-refractivity contribution < 1.29 is 4.74 Å². The number of rotatable bonds is 7. The lowest BCUT2D eigenvalue weighted by atomic mass is 9.81. The van der Waals surface area contributed by atoms with E-state index in [4.69, 9.17) is 4.74 Å². The van der Waals surface area contributed by atoms with E-state index in [1.54, 1.807) is 0 Å². The number of nitrogens with one attached hydrogen (secondary N) is 1. The molecule has 0 aliphatic heterocycles. The molecule has 2 rings (SSSR count). The zero-order valence-electron chi connectivity index (χ0n) is 13.3. The highest BCUT2D eigenvalue weighted by Crippen LogP contribution is 2.40. The Kier molecular flexibility index (Phi) is 5.46. The van der Waals surface area contributed by atoms with Gasteiger partial charge in [-0.15, -0.1) is 0 Å². The highest BCUT2D eigenvalue weighted by Gasteiger charge is 2.46. The maximum Gasteiger partial charge on any atom is 0.133 e. The minimum atomic E-state index is -0.431. The molecule has 2 saturated carbocycles. The normalized spacial score (nSPS) is 33.4. The number of hydrogen-bond donors (Lipinski definition) is 1. The molecule has 0 bridgehead atoms. The first-order valence-electron chi connectivity index (χ1n) is 8.37. The van der Waals surface area contributed by atoms with Crippen molar-refractivity contribution in [3.63, 3.8) is 0 Å². The van der Waals surface area contributed by atoms with Crippen molar-refractivity contribution in [2.75, 3.05) is 13.2 Å². The van der Waals surface area contributed by atoms with Crippen LogP contribution < -0.4 is 5.32 Å². The predicted octanol–water partition coefficient (Wildman–Crippen LogP) is 3.50. The summed E-state index contributed by atoms with van der Waals surface area (Å²) in [7, 11) is 0. The SMILES string of the molecule is CCCNC(C#N)(COC1CC(C)CC(C)C1)C1CC1. The fourth-order valence-electron chi connectivity index (χ4n) is 3.66. The maximum absolute atomic E-state index is 9.65. The molecule has 114 valence electrons. The summed E-state index contributed by atoms with van der Waals surface area (Å²) in [5, 5.41) is 13.1. The molecule has 3 nitrogen and oxygen atoms in total. The molecule has 0 aromatic carbocycles. The van der Waals surface area contributed by atoms with Gasteiger partial charge in [-0.25, -0.2) is 0 Å². The lowest BCUT2D eigenvalue weighted by molar-refractivity contribution is -0.0229. The first-order valence-corrected chi connectivity index (χ1v) is 8.37. The van der Waals surface area contributed by atoms with Gasteiger partial charge in [-0.3, -0.25) is 5.32 Å². The van der Waals surface area contributed by atoms with Crippen LogP contribution in [-0.4, -0.2) is 24.8 Å². The van der Waals surface area contributed by atoms with Gasteiger partial charge in [0.2, 0.25) is 0 Å². The maximum atomic E-state index is 9.65. The molecule has 3 unspecified atom stereocenters. The molecule has 1 N–H and O–H groups in total. The molecule has 0 aromatic heterocycles. The van der Waals surface area contributed by atoms with E-state index in [1.807, 2.05) is 0 Å². The molecule has 0 aromatic rings. The van der Waals surface area contributed by atoms with Crippen molar-refractivity contribution in [3.8, 4) is 6.07 Å². The summed E-state index contributed by atoms with van der Waals surface area (Å²) in [6, 6.07) is 2.54. The molecular formula is C17H30N2O. The average Bonchev–Trinajstić information content (AvgIpc) is 3.23. The Bertz CT molecular complexity index is 337. The van der Waals surface area contributed by atoms with Crippen molar-refractivity contribution in [3.05, 3.63) is 0 Å². The van der Waals surface area contributed by atoms with Crippen LogP contribution in [0.15, 0.2) is 0 Å². The van der Waals surface area contributed by atoms with E-state index >= 15 is 0 Å². The van der Waals surface area contributed by atoms with Crippen LogP contribution in [0.4, 0.5) is 0 Å². The van der Waals surface area contributed by atoms with E-state index in [0.717, 1.165) is 37.6 Å². The second-order valence-corrected chi connectivity index (χ2v) is 7.13. The average molecular weight is 278 g/mol. The summed E-state index contributed by atoms with van der Waals surface area (Å²) in [6.45, 7) is 8.26. The second-order valence-electron chi connectivity index (χ2n) is 7.13. The fraction of sp³-hybridized carbons (Fsp3) is 0.941. The van der Waals surface area contributed by atoms with Crippen LogP contribution in [0.3, 0.4) is 0 Å². The van der Waals surface area contributed by atoms with Gasteiger partial charge in [0.25, 0.3) is 0 Å². The van der Waals surface area contributed by atoms with Crippen LogP contribution in [0.2, 0.25) is 0 Å². The summed E-state index contributed by atoms with van der Waals surface area (Å²) in [6.07, 6.45) is 7.39. The quantitative estimate of drug-likeness (QED) is 0.775. The lowest BCUT2D eigenvalue weighted by Crippen LogP contribution is -2.51. The molecule has 0 spiro atoms. The fourth-order valence-corrected chi connectivity index (χ4v) is 3.66. The lowest BCUT2D eigenvalue weighted by Gasteiger charge is -2.35. The van der Waals surface area contributed by atoms with Crippen molar-refractivity contribution in [2.24, 2.45) is 17.8 Å². The Morgan fingerprint density at radius 3 is 2.35 bits per heavy atom. The standard InChI is InChI=1S/C17H30N2O/c1-4-7-19-17(11-18,15-5-6-15)12-20-16-9-13(2)8-14(3)10-16/h13-16,19H,4-10,12H2,1-3H3. The molecular weight excluding hydrogens is 248 g/mol. The van der Waals surface area contributed by atoms with Crippen LogP contribution in [0.1, 0.15) is 59.3 Å². The third kappa shape index (κ3) is 3.96. The van der Waals surface area contributed by atoms with Crippen molar-refractivity contribution in [2.45, 2.75) is 70.9 Å². The van der Waals surface area contributed by atoms with E-state index in [-0.39, 0.29) is 0 Å². The Morgan fingerprint density at radius 1 is 1.20 bits per heavy atom. The minimum absolute atomic E-state index is 0.351. The Balaban J connectivity index is 1.89. The van der Waals surface area contributed by atoms with Gasteiger partial charge in [0.05, 0.1) is 18.8 Å². The van der Waals surface area contributed by atoms with E-state index in [1.165, 1.54) is 19.3 Å². The molecule has 0 saturated heterocycles. The molecule has 3 atom stereocenters. The summed E-state index contributed by atoms with van der Waals surface area (Å²) < 4.78 is 6.19. The molecule has 2 fully saturated rings. The number of ether oxygens (including phenoxy) is 1. The smallest absolute Gasteiger partial charge is 0.133 e. The zero-order chi connectivity index (χ0) is 14.6. The monoisotopic (exact) mass is 278 g/mol. The summed E-state index contributed by atoms with van der Waals surface area (Å²) in [4.78, 5) is 0. The molecule has 20 heavy (non-hydrogen) atoms. The minimum Gasteiger partial charge on any atom is -0.375 e. The summed E-state index contributed by atoms with van der Waals surface area (Å²) in [5.74, 6) is 2.01. The Hall–Kier alpha value is -0.590. The largest absolute Gasteiger partial charge is 0.375 e. The van der Waals surface area contributed by atoms with Gasteiger partial charge < -0.3 is 4.74 Å². The molecule has 2 aliphatic rings. The van der Waals surface area contributed by atoms with Gasteiger partial charge in [0.1, 0.15) is 5.54 Å². The van der Waals surface area contributed by atoms with Gasteiger partial charge in [0, 0.05) is 0 Å². The predicted molar refractivity (Wildman–Crippen MR) is 81.3 cm³/mol. The van der Waals surface area contributed by atoms with Gasteiger partial charge in [-0.05, 0) is 62.8 Å². The molecule has 0 radical (unpaired) electrons.